The number of furan rings is 1. The summed E-state index contributed by atoms with van der Waals surface area (Å²) >= 11 is 0. The van der Waals surface area contributed by atoms with Gasteiger partial charge < -0.3 is 18.9 Å². The number of oxazole rings is 1. The zero-order valence-electron chi connectivity index (χ0n) is 15.9. The van der Waals surface area contributed by atoms with E-state index in [1.165, 1.54) is 11.8 Å². The second kappa shape index (κ2) is 7.23. The first kappa shape index (κ1) is 17.9. The van der Waals surface area contributed by atoms with Gasteiger partial charge in [-0.3, -0.25) is 4.79 Å². The van der Waals surface area contributed by atoms with Gasteiger partial charge in [-0.05, 0) is 53.9 Å². The summed E-state index contributed by atoms with van der Waals surface area (Å²) in [6.45, 7) is 4.28. The fraction of sp³-hybridized carbons (Fsp3) is 0.182. The Balaban J connectivity index is 1.70. The van der Waals surface area contributed by atoms with Crippen LogP contribution in [0.25, 0.3) is 22.6 Å². The van der Waals surface area contributed by atoms with Crippen molar-refractivity contribution in [1.29, 1.82) is 0 Å². The van der Waals surface area contributed by atoms with Gasteiger partial charge in [0.2, 0.25) is 5.89 Å². The number of rotatable bonds is 5. The molecule has 0 atom stereocenters. The Hall–Kier alpha value is -3.54. The van der Waals surface area contributed by atoms with E-state index in [-0.39, 0.29) is 11.7 Å². The number of nitrogens with one attached hydrogen (secondary N) is 1. The standard InChI is InChI=1S/C22H20N2O4/c1-13(2)14-6-9-19-17(11-14)24-22(28-19)15-7-8-18(26-3)16(12-15)23-21(25)20-5-4-10-27-20/h4-13H,1-3H3,(H,23,25). The lowest BCUT2D eigenvalue weighted by Gasteiger charge is -2.10. The first-order chi connectivity index (χ1) is 13.5. The number of anilines is 1. The van der Waals surface area contributed by atoms with Crippen LogP contribution in [0.5, 0.6) is 5.75 Å². The summed E-state index contributed by atoms with van der Waals surface area (Å²) in [5.74, 6) is 1.28. The summed E-state index contributed by atoms with van der Waals surface area (Å²) in [7, 11) is 1.55. The van der Waals surface area contributed by atoms with E-state index in [0.29, 0.717) is 23.2 Å². The maximum Gasteiger partial charge on any atom is 0.291 e. The van der Waals surface area contributed by atoms with Gasteiger partial charge in [0.05, 0.1) is 19.1 Å². The van der Waals surface area contributed by atoms with E-state index < -0.39 is 0 Å². The largest absolute Gasteiger partial charge is 0.495 e. The molecule has 0 saturated heterocycles. The van der Waals surface area contributed by atoms with E-state index in [1.54, 1.807) is 31.4 Å². The summed E-state index contributed by atoms with van der Waals surface area (Å²) in [6.07, 6.45) is 1.45. The molecule has 1 N–H and O–H groups in total. The molecule has 0 unspecified atom stereocenters. The average molecular weight is 376 g/mol. The summed E-state index contributed by atoms with van der Waals surface area (Å²) in [6, 6.07) is 14.7. The monoisotopic (exact) mass is 376 g/mol. The summed E-state index contributed by atoms with van der Waals surface area (Å²) in [5.41, 5.74) is 3.97. The van der Waals surface area contributed by atoms with Crippen molar-refractivity contribution in [3.8, 4) is 17.2 Å². The number of carbonyl (C=O) groups excluding carboxylic acids is 1. The van der Waals surface area contributed by atoms with E-state index in [0.717, 1.165) is 16.7 Å². The van der Waals surface area contributed by atoms with Crippen molar-refractivity contribution < 1.29 is 18.4 Å². The third-order valence-corrected chi connectivity index (χ3v) is 4.52. The molecule has 2 aromatic carbocycles. The number of benzene rings is 2. The van der Waals surface area contributed by atoms with Crippen LogP contribution in [-0.2, 0) is 0 Å². The highest BCUT2D eigenvalue weighted by Crippen LogP contribution is 2.33. The molecule has 0 spiro atoms. The van der Waals surface area contributed by atoms with Gasteiger partial charge in [0.1, 0.15) is 11.3 Å². The molecule has 6 nitrogen and oxygen atoms in total. The maximum atomic E-state index is 12.3. The summed E-state index contributed by atoms with van der Waals surface area (Å²) in [4.78, 5) is 16.9. The van der Waals surface area contributed by atoms with E-state index in [9.17, 15) is 4.79 Å². The molecule has 6 heteroatoms. The molecule has 28 heavy (non-hydrogen) atoms. The molecule has 142 valence electrons. The smallest absolute Gasteiger partial charge is 0.291 e. The fourth-order valence-electron chi connectivity index (χ4n) is 2.96. The van der Waals surface area contributed by atoms with Crippen LogP contribution in [0.3, 0.4) is 0 Å². The molecule has 0 fully saturated rings. The predicted octanol–water partition coefficient (Wildman–Crippen LogP) is 5.47. The number of methoxy groups -OCH3 is 1. The lowest BCUT2D eigenvalue weighted by molar-refractivity contribution is 0.0996. The number of ether oxygens (including phenoxy) is 1. The minimum absolute atomic E-state index is 0.218. The molecule has 1 amide bonds. The highest BCUT2D eigenvalue weighted by molar-refractivity contribution is 6.03. The number of amides is 1. The summed E-state index contributed by atoms with van der Waals surface area (Å²) < 4.78 is 16.4. The highest BCUT2D eigenvalue weighted by atomic mass is 16.5. The molecule has 0 aliphatic carbocycles. The molecule has 2 aromatic heterocycles. The molecule has 0 aliphatic heterocycles. The molecule has 2 heterocycles. The molecule has 4 rings (SSSR count). The molecular formula is C22H20N2O4. The van der Waals surface area contributed by atoms with E-state index >= 15 is 0 Å². The van der Waals surface area contributed by atoms with Gasteiger partial charge in [-0.1, -0.05) is 19.9 Å². The zero-order chi connectivity index (χ0) is 19.7. The lowest BCUT2D eigenvalue weighted by atomic mass is 10.0. The van der Waals surface area contributed by atoms with Gasteiger partial charge >= 0.3 is 0 Å². The van der Waals surface area contributed by atoms with Gasteiger partial charge in [0.15, 0.2) is 11.3 Å². The Morgan fingerprint density at radius 3 is 2.71 bits per heavy atom. The minimum atomic E-state index is -0.361. The Labute approximate surface area is 162 Å². The fourth-order valence-corrected chi connectivity index (χ4v) is 2.96. The number of aromatic nitrogens is 1. The number of hydrogen-bond donors (Lipinski definition) is 1. The van der Waals surface area contributed by atoms with Crippen LogP contribution in [0.2, 0.25) is 0 Å². The van der Waals surface area contributed by atoms with Crippen molar-refractivity contribution in [3.63, 3.8) is 0 Å². The third-order valence-electron chi connectivity index (χ3n) is 4.52. The number of carbonyl (C=O) groups is 1. The second-order valence-corrected chi connectivity index (χ2v) is 6.75. The Kier molecular flexibility index (Phi) is 4.61. The average Bonchev–Trinajstić information content (AvgIpc) is 3.37. The molecule has 0 bridgehead atoms. The van der Waals surface area contributed by atoms with Crippen molar-refractivity contribution in [2.24, 2.45) is 0 Å². The number of fused-ring (bicyclic) bond motifs is 1. The third kappa shape index (κ3) is 3.36. The van der Waals surface area contributed by atoms with Crippen LogP contribution < -0.4 is 10.1 Å². The molecule has 4 aromatic rings. The van der Waals surface area contributed by atoms with Crippen LogP contribution in [-0.4, -0.2) is 18.0 Å². The highest BCUT2D eigenvalue weighted by Gasteiger charge is 2.16. The van der Waals surface area contributed by atoms with Gasteiger partial charge in [-0.25, -0.2) is 4.98 Å². The Morgan fingerprint density at radius 2 is 2.00 bits per heavy atom. The number of hydrogen-bond acceptors (Lipinski definition) is 5. The van der Waals surface area contributed by atoms with Crippen LogP contribution in [0.1, 0.15) is 35.9 Å². The maximum absolute atomic E-state index is 12.3. The number of nitrogens with zero attached hydrogens (tertiary/aromatic N) is 1. The molecule has 0 radical (unpaired) electrons. The van der Waals surface area contributed by atoms with Crippen molar-refractivity contribution in [2.45, 2.75) is 19.8 Å². The van der Waals surface area contributed by atoms with Gasteiger partial charge in [0.25, 0.3) is 5.91 Å². The summed E-state index contributed by atoms with van der Waals surface area (Å²) in [5, 5.41) is 2.80. The zero-order valence-corrected chi connectivity index (χ0v) is 15.9. The Bertz CT molecular complexity index is 1130. The van der Waals surface area contributed by atoms with Crippen LogP contribution in [0.4, 0.5) is 5.69 Å². The van der Waals surface area contributed by atoms with Crippen LogP contribution in [0, 0.1) is 0 Å². The van der Waals surface area contributed by atoms with Gasteiger partial charge in [-0.15, -0.1) is 0 Å². The molecular weight excluding hydrogens is 356 g/mol. The Morgan fingerprint density at radius 1 is 1.14 bits per heavy atom. The second-order valence-electron chi connectivity index (χ2n) is 6.75. The van der Waals surface area contributed by atoms with E-state index in [2.05, 4.69) is 24.1 Å². The normalized spacial score (nSPS) is 11.1. The first-order valence-electron chi connectivity index (χ1n) is 8.99. The minimum Gasteiger partial charge on any atom is -0.495 e. The molecule has 0 aliphatic rings. The van der Waals surface area contributed by atoms with Crippen molar-refractivity contribution >= 4 is 22.7 Å². The SMILES string of the molecule is COc1ccc(-c2nc3cc(C(C)C)ccc3o2)cc1NC(=O)c1ccco1. The van der Waals surface area contributed by atoms with Crippen molar-refractivity contribution in [1.82, 2.24) is 4.98 Å². The van der Waals surface area contributed by atoms with E-state index in [4.69, 9.17) is 13.6 Å². The predicted molar refractivity (Wildman–Crippen MR) is 107 cm³/mol. The first-order valence-corrected chi connectivity index (χ1v) is 8.99. The quantitative estimate of drug-likeness (QED) is 0.499. The topological polar surface area (TPSA) is 77.5 Å². The van der Waals surface area contributed by atoms with Gasteiger partial charge in [-0.2, -0.15) is 0 Å². The van der Waals surface area contributed by atoms with Crippen LogP contribution in [0.15, 0.2) is 63.6 Å². The van der Waals surface area contributed by atoms with Crippen molar-refractivity contribution in [2.75, 3.05) is 12.4 Å². The van der Waals surface area contributed by atoms with E-state index in [1.807, 2.05) is 24.3 Å². The lowest BCUT2D eigenvalue weighted by Crippen LogP contribution is -2.11. The van der Waals surface area contributed by atoms with Crippen LogP contribution >= 0.6 is 0 Å². The van der Waals surface area contributed by atoms with Crippen molar-refractivity contribution in [3.05, 3.63) is 66.1 Å². The molecule has 0 saturated carbocycles. The van der Waals surface area contributed by atoms with Gasteiger partial charge in [0, 0.05) is 5.56 Å².